The maximum Gasteiger partial charge on any atom is 0.301 e. The summed E-state index contributed by atoms with van der Waals surface area (Å²) in [6.45, 7) is 1.85. The Bertz CT molecular complexity index is 698. The maximum atomic E-state index is 11.0. The molecule has 9 heteroatoms. The highest BCUT2D eigenvalue weighted by Crippen LogP contribution is 2.28. The summed E-state index contributed by atoms with van der Waals surface area (Å²) in [4.78, 5) is 20.3. The van der Waals surface area contributed by atoms with Crippen molar-refractivity contribution < 1.29 is 9.85 Å². The molecule has 0 bridgehead atoms. The quantitative estimate of drug-likeness (QED) is 0.637. The molecule has 0 amide bonds. The molecular formula is C11H9ClN4O4. The van der Waals surface area contributed by atoms with Crippen molar-refractivity contribution in [1.29, 1.82) is 0 Å². The molecule has 0 unspecified atom stereocenters. The van der Waals surface area contributed by atoms with Crippen molar-refractivity contribution >= 4 is 23.0 Å². The van der Waals surface area contributed by atoms with Crippen LogP contribution in [0.2, 0.25) is 5.02 Å². The van der Waals surface area contributed by atoms with Crippen LogP contribution in [0.4, 0.5) is 11.4 Å². The lowest BCUT2D eigenvalue weighted by molar-refractivity contribution is -0.394. The average Bonchev–Trinajstić information content (AvgIpc) is 2.79. The SMILES string of the molecule is CCc1nn(-c2ccc([N+](=O)[O-])cc2[N+](=O)[O-])cc1Cl. The molecule has 2 rings (SSSR count). The minimum atomic E-state index is -0.691. The number of hydrogen-bond donors (Lipinski definition) is 0. The number of aryl methyl sites for hydroxylation is 1. The second-order valence-electron chi connectivity index (χ2n) is 3.91. The van der Waals surface area contributed by atoms with E-state index in [9.17, 15) is 20.2 Å². The summed E-state index contributed by atoms with van der Waals surface area (Å²) in [5.74, 6) is 0. The average molecular weight is 297 g/mol. The van der Waals surface area contributed by atoms with E-state index >= 15 is 0 Å². The van der Waals surface area contributed by atoms with Crippen LogP contribution in [0.25, 0.3) is 5.69 Å². The molecule has 0 atom stereocenters. The van der Waals surface area contributed by atoms with Crippen molar-refractivity contribution in [3.8, 4) is 5.69 Å². The number of nitrogens with zero attached hydrogens (tertiary/aromatic N) is 4. The predicted octanol–water partition coefficient (Wildman–Crippen LogP) is 2.90. The van der Waals surface area contributed by atoms with E-state index in [2.05, 4.69) is 5.10 Å². The Labute approximate surface area is 117 Å². The Morgan fingerprint density at radius 1 is 1.30 bits per heavy atom. The first-order valence-electron chi connectivity index (χ1n) is 5.61. The number of rotatable bonds is 4. The third-order valence-corrected chi connectivity index (χ3v) is 3.00. The van der Waals surface area contributed by atoms with E-state index in [0.717, 1.165) is 6.07 Å². The lowest BCUT2D eigenvalue weighted by Gasteiger charge is -2.02. The van der Waals surface area contributed by atoms with Crippen LogP contribution in [-0.4, -0.2) is 19.6 Å². The van der Waals surface area contributed by atoms with Gasteiger partial charge in [-0.25, -0.2) is 4.68 Å². The Morgan fingerprint density at radius 3 is 2.50 bits per heavy atom. The third kappa shape index (κ3) is 2.45. The summed E-state index contributed by atoms with van der Waals surface area (Å²) in [6, 6.07) is 3.36. The Morgan fingerprint density at radius 2 is 2.00 bits per heavy atom. The third-order valence-electron chi connectivity index (χ3n) is 2.69. The van der Waals surface area contributed by atoms with Gasteiger partial charge in [-0.3, -0.25) is 20.2 Å². The zero-order chi connectivity index (χ0) is 14.9. The van der Waals surface area contributed by atoms with Gasteiger partial charge in [0.2, 0.25) is 0 Å². The molecule has 0 aliphatic rings. The van der Waals surface area contributed by atoms with Gasteiger partial charge in [-0.05, 0) is 12.5 Å². The summed E-state index contributed by atoms with van der Waals surface area (Å²) >= 11 is 5.95. The van der Waals surface area contributed by atoms with E-state index in [4.69, 9.17) is 11.6 Å². The van der Waals surface area contributed by atoms with Crippen LogP contribution in [-0.2, 0) is 6.42 Å². The number of non-ortho nitro benzene ring substituents is 1. The molecule has 1 heterocycles. The zero-order valence-electron chi connectivity index (χ0n) is 10.3. The van der Waals surface area contributed by atoms with E-state index in [-0.39, 0.29) is 11.4 Å². The van der Waals surface area contributed by atoms with Crippen LogP contribution >= 0.6 is 11.6 Å². The second kappa shape index (κ2) is 5.25. The number of aromatic nitrogens is 2. The van der Waals surface area contributed by atoms with E-state index < -0.39 is 15.5 Å². The van der Waals surface area contributed by atoms with Gasteiger partial charge in [0.15, 0.2) is 0 Å². The van der Waals surface area contributed by atoms with Crippen LogP contribution in [0.15, 0.2) is 24.4 Å². The molecule has 0 aliphatic carbocycles. The molecule has 0 saturated heterocycles. The summed E-state index contributed by atoms with van der Waals surface area (Å²) in [7, 11) is 0. The first-order valence-corrected chi connectivity index (χ1v) is 5.99. The molecule has 0 radical (unpaired) electrons. The van der Waals surface area contributed by atoms with Crippen LogP contribution in [0, 0.1) is 20.2 Å². The first-order chi connectivity index (χ1) is 9.43. The molecule has 0 fully saturated rings. The Kier molecular flexibility index (Phi) is 3.66. The van der Waals surface area contributed by atoms with Crippen molar-refractivity contribution in [2.75, 3.05) is 0 Å². The summed E-state index contributed by atoms with van der Waals surface area (Å²) in [6.07, 6.45) is 2.02. The second-order valence-corrected chi connectivity index (χ2v) is 4.32. The largest absolute Gasteiger partial charge is 0.301 e. The minimum Gasteiger partial charge on any atom is -0.258 e. The molecule has 0 spiro atoms. The van der Waals surface area contributed by atoms with E-state index in [1.165, 1.54) is 23.0 Å². The molecule has 1 aromatic heterocycles. The highest BCUT2D eigenvalue weighted by Gasteiger charge is 2.21. The van der Waals surface area contributed by atoms with Gasteiger partial charge in [0.05, 0.1) is 26.6 Å². The standard InChI is InChI=1S/C11H9ClN4O4/c1-2-9-8(12)6-14(13-9)10-4-3-7(15(17)18)5-11(10)16(19)20/h3-6H,2H2,1H3. The van der Waals surface area contributed by atoms with Crippen molar-refractivity contribution in [1.82, 2.24) is 9.78 Å². The normalized spacial score (nSPS) is 10.5. The summed E-state index contributed by atoms with van der Waals surface area (Å²) < 4.78 is 1.25. The molecule has 20 heavy (non-hydrogen) atoms. The predicted molar refractivity (Wildman–Crippen MR) is 71.3 cm³/mol. The molecule has 104 valence electrons. The monoisotopic (exact) mass is 296 g/mol. The fraction of sp³-hybridized carbons (Fsp3) is 0.182. The highest BCUT2D eigenvalue weighted by atomic mass is 35.5. The maximum absolute atomic E-state index is 11.0. The van der Waals surface area contributed by atoms with Gasteiger partial charge in [0.25, 0.3) is 5.69 Å². The van der Waals surface area contributed by atoms with E-state index in [0.29, 0.717) is 17.1 Å². The summed E-state index contributed by atoms with van der Waals surface area (Å²) in [5.41, 5.74) is -0.0306. The van der Waals surface area contributed by atoms with Crippen LogP contribution in [0.3, 0.4) is 0 Å². The van der Waals surface area contributed by atoms with Crippen molar-refractivity contribution in [3.05, 3.63) is 55.3 Å². The molecule has 2 aromatic rings. The van der Waals surface area contributed by atoms with E-state index in [1.54, 1.807) is 0 Å². The molecule has 0 saturated carbocycles. The fourth-order valence-corrected chi connectivity index (χ4v) is 1.98. The fourth-order valence-electron chi connectivity index (χ4n) is 1.72. The number of nitro benzene ring substituents is 2. The lowest BCUT2D eigenvalue weighted by atomic mass is 10.2. The number of halogens is 1. The van der Waals surface area contributed by atoms with Crippen molar-refractivity contribution in [2.45, 2.75) is 13.3 Å². The summed E-state index contributed by atoms with van der Waals surface area (Å²) in [5, 5.41) is 26.2. The minimum absolute atomic E-state index is 0.127. The van der Waals surface area contributed by atoms with Crippen LogP contribution in [0.5, 0.6) is 0 Å². The highest BCUT2D eigenvalue weighted by molar-refractivity contribution is 6.31. The van der Waals surface area contributed by atoms with Crippen molar-refractivity contribution in [3.63, 3.8) is 0 Å². The van der Waals surface area contributed by atoms with Gasteiger partial charge in [-0.15, -0.1) is 0 Å². The molecule has 8 nitrogen and oxygen atoms in total. The van der Waals surface area contributed by atoms with Gasteiger partial charge >= 0.3 is 5.69 Å². The molecule has 0 aliphatic heterocycles. The van der Waals surface area contributed by atoms with Crippen LogP contribution in [0.1, 0.15) is 12.6 Å². The number of nitro groups is 2. The Hall–Kier alpha value is -2.48. The van der Waals surface area contributed by atoms with Crippen molar-refractivity contribution in [2.24, 2.45) is 0 Å². The van der Waals surface area contributed by atoms with Gasteiger partial charge in [-0.1, -0.05) is 18.5 Å². The zero-order valence-corrected chi connectivity index (χ0v) is 11.1. The van der Waals surface area contributed by atoms with E-state index in [1.807, 2.05) is 6.92 Å². The van der Waals surface area contributed by atoms with Crippen LogP contribution < -0.4 is 0 Å². The topological polar surface area (TPSA) is 104 Å². The van der Waals surface area contributed by atoms with Gasteiger partial charge in [0, 0.05) is 12.3 Å². The molecular weight excluding hydrogens is 288 g/mol. The van der Waals surface area contributed by atoms with Gasteiger partial charge in [-0.2, -0.15) is 5.10 Å². The number of benzene rings is 1. The Balaban J connectivity index is 2.60. The number of hydrogen-bond acceptors (Lipinski definition) is 5. The van der Waals surface area contributed by atoms with Gasteiger partial charge in [0.1, 0.15) is 5.69 Å². The molecule has 1 aromatic carbocycles. The smallest absolute Gasteiger partial charge is 0.258 e. The lowest BCUT2D eigenvalue weighted by Crippen LogP contribution is -2.02. The first kappa shape index (κ1) is 13.9. The van der Waals surface area contributed by atoms with Gasteiger partial charge < -0.3 is 0 Å². The molecule has 0 N–H and O–H groups in total.